The average Bonchev–Trinajstić information content (AvgIpc) is 1.85. The third kappa shape index (κ3) is 1.58. The fourth-order valence-electron chi connectivity index (χ4n) is 1.17. The van der Waals surface area contributed by atoms with E-state index < -0.39 is 0 Å². The molecule has 1 rings (SSSR count). The molecule has 0 aliphatic heterocycles. The first-order valence-electron chi connectivity index (χ1n) is 3.42. The summed E-state index contributed by atoms with van der Waals surface area (Å²) in [6, 6.07) is 3.95. The fourth-order valence-corrected chi connectivity index (χ4v) is 1.56. The van der Waals surface area contributed by atoms with Crippen molar-refractivity contribution in [3.63, 3.8) is 0 Å². The molecule has 0 unspecified atom stereocenters. The van der Waals surface area contributed by atoms with Crippen molar-refractivity contribution >= 4 is 12.6 Å². The minimum atomic E-state index is 0.971. The number of benzene rings is 1. The van der Waals surface area contributed by atoms with Crippen LogP contribution in [-0.2, 0) is 0 Å². The zero-order valence-electron chi connectivity index (χ0n) is 6.68. The van der Waals surface area contributed by atoms with E-state index in [1.807, 2.05) is 26.0 Å². The van der Waals surface area contributed by atoms with Gasteiger partial charge >= 0.3 is 0 Å². The number of hydrogen-bond donors (Lipinski definition) is 1. The molecular weight excluding hydrogens is 152 g/mol. The fraction of sp³-hybridized carbons (Fsp3) is 0.200. The quantitative estimate of drug-likeness (QED) is 0.440. The van der Waals surface area contributed by atoms with Gasteiger partial charge < -0.3 is 0 Å². The molecule has 0 atom stereocenters. The summed E-state index contributed by atoms with van der Waals surface area (Å²) >= 11 is 4.24. The van der Waals surface area contributed by atoms with Crippen molar-refractivity contribution in [2.45, 2.75) is 18.7 Å². The molecule has 0 heterocycles. The summed E-state index contributed by atoms with van der Waals surface area (Å²) in [7, 11) is 0. The van der Waals surface area contributed by atoms with Gasteiger partial charge in [0.2, 0.25) is 0 Å². The second kappa shape index (κ2) is 3.02. The normalized spacial score (nSPS) is 9.27. The lowest BCUT2D eigenvalue weighted by molar-refractivity contribution is 1.28. The van der Waals surface area contributed by atoms with Crippen molar-refractivity contribution in [3.05, 3.63) is 28.8 Å². The van der Waals surface area contributed by atoms with Gasteiger partial charge in [0.25, 0.3) is 0 Å². The van der Waals surface area contributed by atoms with E-state index in [1.54, 1.807) is 0 Å². The first-order valence-corrected chi connectivity index (χ1v) is 3.86. The number of thiol groups is 1. The molecule has 0 amide bonds. The van der Waals surface area contributed by atoms with E-state index in [0.717, 1.165) is 21.6 Å². The van der Waals surface area contributed by atoms with Gasteiger partial charge in [-0.1, -0.05) is 5.92 Å². The van der Waals surface area contributed by atoms with Crippen LogP contribution in [0.1, 0.15) is 16.7 Å². The number of hydrogen-bond acceptors (Lipinski definition) is 1. The lowest BCUT2D eigenvalue weighted by Gasteiger charge is -2.03. The smallest absolute Gasteiger partial charge is 0.0301 e. The first-order chi connectivity index (χ1) is 5.15. The molecule has 0 fully saturated rings. The molecule has 0 N–H and O–H groups in total. The van der Waals surface area contributed by atoms with Crippen LogP contribution in [0.4, 0.5) is 0 Å². The van der Waals surface area contributed by atoms with Gasteiger partial charge in [-0.15, -0.1) is 19.1 Å². The maximum Gasteiger partial charge on any atom is 0.0301 e. The summed E-state index contributed by atoms with van der Waals surface area (Å²) in [5.74, 6) is 2.66. The maximum absolute atomic E-state index is 5.33. The molecule has 1 aromatic rings. The molecule has 0 aliphatic carbocycles. The molecule has 0 radical (unpaired) electrons. The van der Waals surface area contributed by atoms with Crippen molar-refractivity contribution in [1.82, 2.24) is 0 Å². The summed E-state index contributed by atoms with van der Waals surface area (Å²) < 4.78 is 0. The zero-order chi connectivity index (χ0) is 8.43. The third-order valence-electron chi connectivity index (χ3n) is 1.66. The minimum absolute atomic E-state index is 0.971. The van der Waals surface area contributed by atoms with Crippen LogP contribution in [0.25, 0.3) is 0 Å². The molecule has 0 bridgehead atoms. The number of rotatable bonds is 0. The topological polar surface area (TPSA) is 0 Å². The molecule has 0 aromatic heterocycles. The Hall–Kier alpha value is -0.870. The summed E-state index contributed by atoms with van der Waals surface area (Å²) in [6.07, 6.45) is 5.33. The van der Waals surface area contributed by atoms with E-state index in [2.05, 4.69) is 18.5 Å². The molecule has 0 saturated carbocycles. The Kier molecular flexibility index (Phi) is 2.26. The van der Waals surface area contributed by atoms with Crippen LogP contribution in [0.15, 0.2) is 17.0 Å². The highest BCUT2D eigenvalue weighted by Crippen LogP contribution is 2.17. The highest BCUT2D eigenvalue weighted by atomic mass is 32.1. The van der Waals surface area contributed by atoms with E-state index in [1.165, 1.54) is 0 Å². The first kappa shape index (κ1) is 8.23. The monoisotopic (exact) mass is 162 g/mol. The molecule has 56 valence electrons. The van der Waals surface area contributed by atoms with Gasteiger partial charge in [-0.05, 0) is 37.1 Å². The molecule has 11 heavy (non-hydrogen) atoms. The van der Waals surface area contributed by atoms with Crippen molar-refractivity contribution in [2.75, 3.05) is 0 Å². The average molecular weight is 162 g/mol. The van der Waals surface area contributed by atoms with Gasteiger partial charge in [-0.3, -0.25) is 0 Å². The number of aryl methyl sites for hydroxylation is 2. The highest BCUT2D eigenvalue weighted by Gasteiger charge is 1.99. The molecule has 0 aliphatic rings. The Bertz CT molecular complexity index is 295. The van der Waals surface area contributed by atoms with Gasteiger partial charge in [0.05, 0.1) is 0 Å². The number of terminal acetylenes is 1. The van der Waals surface area contributed by atoms with Crippen LogP contribution >= 0.6 is 12.6 Å². The van der Waals surface area contributed by atoms with Crippen LogP contribution in [0.2, 0.25) is 0 Å². The Morgan fingerprint density at radius 2 is 1.73 bits per heavy atom. The van der Waals surface area contributed by atoms with E-state index in [-0.39, 0.29) is 0 Å². The molecular formula is C10H10S. The van der Waals surface area contributed by atoms with Crippen LogP contribution < -0.4 is 0 Å². The second-order valence-electron chi connectivity index (χ2n) is 2.60. The molecule has 0 nitrogen and oxygen atoms in total. The van der Waals surface area contributed by atoms with E-state index in [4.69, 9.17) is 6.42 Å². The molecule has 0 spiro atoms. The van der Waals surface area contributed by atoms with Gasteiger partial charge in [0.15, 0.2) is 0 Å². The summed E-state index contributed by atoms with van der Waals surface area (Å²) in [5.41, 5.74) is 3.23. The largest absolute Gasteiger partial charge is 0.143 e. The SMILES string of the molecule is C#Cc1c(C)cc(S)cc1C. The van der Waals surface area contributed by atoms with Crippen molar-refractivity contribution in [2.24, 2.45) is 0 Å². The van der Waals surface area contributed by atoms with Crippen molar-refractivity contribution in [3.8, 4) is 12.3 Å². The van der Waals surface area contributed by atoms with E-state index in [9.17, 15) is 0 Å². The Morgan fingerprint density at radius 3 is 2.09 bits per heavy atom. The lowest BCUT2D eigenvalue weighted by atomic mass is 10.0. The van der Waals surface area contributed by atoms with Crippen LogP contribution in [0, 0.1) is 26.2 Å². The van der Waals surface area contributed by atoms with E-state index in [0.29, 0.717) is 0 Å². The van der Waals surface area contributed by atoms with Crippen LogP contribution in [0.3, 0.4) is 0 Å². The lowest BCUT2D eigenvalue weighted by Crippen LogP contribution is -1.87. The molecule has 1 heteroatoms. The highest BCUT2D eigenvalue weighted by molar-refractivity contribution is 7.80. The molecule has 1 aromatic carbocycles. The van der Waals surface area contributed by atoms with Crippen molar-refractivity contribution in [1.29, 1.82) is 0 Å². The predicted octanol–water partition coefficient (Wildman–Crippen LogP) is 2.57. The van der Waals surface area contributed by atoms with Gasteiger partial charge in [-0.2, -0.15) is 0 Å². The zero-order valence-corrected chi connectivity index (χ0v) is 7.57. The van der Waals surface area contributed by atoms with Gasteiger partial charge in [0, 0.05) is 10.5 Å². The summed E-state index contributed by atoms with van der Waals surface area (Å²) in [5, 5.41) is 0. The molecule has 0 saturated heterocycles. The van der Waals surface area contributed by atoms with Crippen LogP contribution in [-0.4, -0.2) is 0 Å². The Morgan fingerprint density at radius 1 is 1.27 bits per heavy atom. The second-order valence-corrected chi connectivity index (χ2v) is 3.12. The Balaban J connectivity index is 3.40. The standard InChI is InChI=1S/C10H10S/c1-4-10-7(2)5-9(11)6-8(10)3/h1,5-6,11H,2-3H3. The van der Waals surface area contributed by atoms with Gasteiger partial charge in [-0.25, -0.2) is 0 Å². The summed E-state index contributed by atoms with van der Waals surface area (Å²) in [6.45, 7) is 4.00. The minimum Gasteiger partial charge on any atom is -0.143 e. The third-order valence-corrected chi connectivity index (χ3v) is 1.92. The maximum atomic E-state index is 5.33. The predicted molar refractivity (Wildman–Crippen MR) is 51.1 cm³/mol. The van der Waals surface area contributed by atoms with E-state index >= 15 is 0 Å². The van der Waals surface area contributed by atoms with Crippen LogP contribution in [0.5, 0.6) is 0 Å². The van der Waals surface area contributed by atoms with Crippen molar-refractivity contribution < 1.29 is 0 Å². The van der Waals surface area contributed by atoms with Gasteiger partial charge in [0.1, 0.15) is 0 Å². The Labute approximate surface area is 73.0 Å². The summed E-state index contributed by atoms with van der Waals surface area (Å²) in [4.78, 5) is 0.971.